The van der Waals surface area contributed by atoms with E-state index in [0.717, 1.165) is 0 Å². The second kappa shape index (κ2) is 3.24. The Bertz CT molecular complexity index is 188. The Labute approximate surface area is 89.1 Å². The molecule has 0 amide bonds. The van der Waals surface area contributed by atoms with Crippen LogP contribution in [-0.2, 0) is 0 Å². The van der Waals surface area contributed by atoms with Gasteiger partial charge in [0.25, 0.3) is 0 Å². The second-order valence-electron chi connectivity index (χ2n) is 5.42. The molecule has 0 aromatic rings. The van der Waals surface area contributed by atoms with Gasteiger partial charge in [0.05, 0.1) is 0 Å². The minimum absolute atomic E-state index is 0.137. The van der Waals surface area contributed by atoms with Crippen LogP contribution in [0.4, 0.5) is 0 Å². The van der Waals surface area contributed by atoms with Gasteiger partial charge in [-0.05, 0) is 0 Å². The van der Waals surface area contributed by atoms with Crippen LogP contribution in [0.5, 0.6) is 0 Å². The summed E-state index contributed by atoms with van der Waals surface area (Å²) in [6.07, 6.45) is 4.45. The summed E-state index contributed by atoms with van der Waals surface area (Å²) in [6.45, 7) is 13.6. The van der Waals surface area contributed by atoms with Crippen molar-refractivity contribution in [2.24, 2.45) is 0 Å². The molecule has 1 rings (SSSR count). The van der Waals surface area contributed by atoms with Crippen molar-refractivity contribution in [3.05, 3.63) is 12.4 Å². The predicted molar refractivity (Wildman–Crippen MR) is 58.1 cm³/mol. The number of hydrogen-bond acceptors (Lipinski definition) is 2. The zero-order valence-corrected chi connectivity index (χ0v) is 11.4. The molecule has 74 valence electrons. The molecule has 0 unspecified atom stereocenters. The summed E-state index contributed by atoms with van der Waals surface area (Å²) in [4.78, 5) is 0. The van der Waals surface area contributed by atoms with Gasteiger partial charge in [-0.2, -0.15) is 0 Å². The summed E-state index contributed by atoms with van der Waals surface area (Å²) in [5.41, 5.74) is 0.549. The third-order valence-electron chi connectivity index (χ3n) is 1.92. The molecule has 0 aromatic heterocycles. The van der Waals surface area contributed by atoms with Crippen molar-refractivity contribution >= 4 is 16.2 Å². The molecular formula is C10H20AsN2+. The Kier molecular flexibility index (Phi) is 2.73. The third kappa shape index (κ3) is 2.67. The molecule has 2 radical (unpaired) electrons. The third-order valence-corrected chi connectivity index (χ3v) is 5.80. The summed E-state index contributed by atoms with van der Waals surface area (Å²) >= 11 is 0.137. The van der Waals surface area contributed by atoms with Crippen molar-refractivity contribution in [3.63, 3.8) is 0 Å². The fourth-order valence-corrected chi connectivity index (χ4v) is 3.07. The van der Waals surface area contributed by atoms with E-state index in [1.54, 1.807) is 0 Å². The summed E-state index contributed by atoms with van der Waals surface area (Å²) in [6, 6.07) is 0. The Morgan fingerprint density at radius 1 is 0.769 bits per heavy atom. The van der Waals surface area contributed by atoms with Crippen molar-refractivity contribution in [2.45, 2.75) is 52.6 Å². The quantitative estimate of drug-likeness (QED) is 0.602. The Balaban J connectivity index is 2.63. The fraction of sp³-hybridized carbons (Fsp3) is 0.800. The van der Waals surface area contributed by atoms with E-state index in [1.807, 2.05) is 0 Å². The Hall–Kier alpha value is -0.102. The monoisotopic (exact) mass is 243 g/mol. The van der Waals surface area contributed by atoms with Gasteiger partial charge in [-0.3, -0.25) is 0 Å². The molecule has 0 aliphatic carbocycles. The van der Waals surface area contributed by atoms with Gasteiger partial charge < -0.3 is 0 Å². The summed E-state index contributed by atoms with van der Waals surface area (Å²) in [5, 5.41) is 0. The number of hydrogen-bond donors (Lipinski definition) is 0. The van der Waals surface area contributed by atoms with Crippen LogP contribution in [0.25, 0.3) is 0 Å². The summed E-state index contributed by atoms with van der Waals surface area (Å²) in [5.74, 6) is 0. The van der Waals surface area contributed by atoms with E-state index >= 15 is 0 Å². The molecule has 0 fully saturated rings. The summed E-state index contributed by atoms with van der Waals surface area (Å²) < 4.78 is 4.91. The first-order chi connectivity index (χ1) is 5.71. The van der Waals surface area contributed by atoms with Gasteiger partial charge >= 0.3 is 88.9 Å². The first-order valence-corrected chi connectivity index (χ1v) is 6.38. The molecule has 3 heteroatoms. The van der Waals surface area contributed by atoms with Gasteiger partial charge in [-0.25, -0.2) is 0 Å². The first-order valence-electron chi connectivity index (χ1n) is 4.70. The zero-order valence-electron chi connectivity index (χ0n) is 9.50. The topological polar surface area (TPSA) is 6.48 Å². The molecule has 0 saturated carbocycles. The van der Waals surface area contributed by atoms with E-state index < -0.39 is 0 Å². The molecule has 13 heavy (non-hydrogen) atoms. The van der Waals surface area contributed by atoms with Gasteiger partial charge in [-0.1, -0.05) is 0 Å². The second-order valence-corrected chi connectivity index (χ2v) is 7.60. The van der Waals surface area contributed by atoms with Gasteiger partial charge in [0.15, 0.2) is 0 Å². The van der Waals surface area contributed by atoms with Crippen molar-refractivity contribution in [1.29, 1.82) is 0 Å². The van der Waals surface area contributed by atoms with E-state index in [2.05, 4.69) is 61.6 Å². The average molecular weight is 243 g/mol. The molecule has 1 heterocycles. The predicted octanol–water partition coefficient (Wildman–Crippen LogP) is 2.21. The van der Waals surface area contributed by atoms with Crippen LogP contribution in [0.15, 0.2) is 12.4 Å². The van der Waals surface area contributed by atoms with Crippen LogP contribution in [-0.4, -0.2) is 34.9 Å². The van der Waals surface area contributed by atoms with Crippen molar-refractivity contribution in [2.75, 3.05) is 0 Å². The zero-order chi connectivity index (χ0) is 10.3. The van der Waals surface area contributed by atoms with Crippen molar-refractivity contribution in [3.8, 4) is 0 Å². The van der Waals surface area contributed by atoms with Crippen LogP contribution in [0.1, 0.15) is 41.5 Å². The number of nitrogens with zero attached hydrogens (tertiary/aromatic N) is 2. The van der Waals surface area contributed by atoms with Gasteiger partial charge in [0.1, 0.15) is 0 Å². The van der Waals surface area contributed by atoms with Crippen molar-refractivity contribution in [1.82, 2.24) is 7.63 Å². The molecule has 0 atom stereocenters. The van der Waals surface area contributed by atoms with E-state index in [0.29, 0.717) is 0 Å². The van der Waals surface area contributed by atoms with Crippen molar-refractivity contribution < 1.29 is 0 Å². The van der Waals surface area contributed by atoms with Gasteiger partial charge in [0.2, 0.25) is 0 Å². The SMILES string of the molecule is CC(C)(C)N1C=CN(C(C)(C)C)[As+]1. The Morgan fingerprint density at radius 2 is 1.08 bits per heavy atom. The molecule has 1 aliphatic heterocycles. The van der Waals surface area contributed by atoms with E-state index in [-0.39, 0.29) is 27.3 Å². The van der Waals surface area contributed by atoms with E-state index in [4.69, 9.17) is 0 Å². The number of rotatable bonds is 0. The molecule has 0 bridgehead atoms. The summed E-state index contributed by atoms with van der Waals surface area (Å²) in [7, 11) is 0. The molecule has 2 nitrogen and oxygen atoms in total. The molecule has 0 saturated heterocycles. The Morgan fingerprint density at radius 3 is 1.23 bits per heavy atom. The maximum absolute atomic E-state index is 2.45. The van der Waals surface area contributed by atoms with Gasteiger partial charge in [-0.15, -0.1) is 0 Å². The van der Waals surface area contributed by atoms with Crippen LogP contribution < -0.4 is 0 Å². The fourth-order valence-electron chi connectivity index (χ4n) is 1.01. The van der Waals surface area contributed by atoms with Crippen LogP contribution in [0, 0.1) is 0 Å². The standard InChI is InChI=1S/C10H20AsN2/c1-9(2,3)12-7-8-13(11-12)10(4,5)6/h7-8H,1-6H3/q+1. The normalized spacial score (nSPS) is 18.6. The minimum atomic E-state index is 0.137. The van der Waals surface area contributed by atoms with Gasteiger partial charge in [0, 0.05) is 0 Å². The average Bonchev–Trinajstić information content (AvgIpc) is 2.28. The molecule has 0 spiro atoms. The van der Waals surface area contributed by atoms with Crippen LogP contribution >= 0.6 is 0 Å². The molecule has 0 aromatic carbocycles. The van der Waals surface area contributed by atoms with E-state index in [9.17, 15) is 0 Å². The van der Waals surface area contributed by atoms with E-state index in [1.165, 1.54) is 0 Å². The molecular weight excluding hydrogens is 223 g/mol. The molecule has 1 aliphatic rings. The maximum atomic E-state index is 2.45. The van der Waals surface area contributed by atoms with Crippen LogP contribution in [0.2, 0.25) is 0 Å². The van der Waals surface area contributed by atoms with Crippen LogP contribution in [0.3, 0.4) is 0 Å². The molecule has 0 N–H and O–H groups in total. The first kappa shape index (κ1) is 11.0.